The first-order valence-corrected chi connectivity index (χ1v) is 28.7. The third-order valence-corrected chi connectivity index (χ3v) is 13.2. The molecule has 66 heavy (non-hydrogen) atoms. The second-order valence-corrected chi connectivity index (χ2v) is 19.6. The maximum atomic E-state index is 12.6. The fourth-order valence-electron chi connectivity index (χ4n) is 8.64. The molecule has 1 amide bonds. The highest BCUT2D eigenvalue weighted by Crippen LogP contribution is 2.16. The molecule has 386 valence electrons. The first-order valence-electron chi connectivity index (χ1n) is 28.7. The average Bonchev–Trinajstić information content (AvgIpc) is 3.32. The van der Waals surface area contributed by atoms with E-state index >= 15 is 0 Å². The predicted molar refractivity (Wildman–Crippen MR) is 288 cm³/mol. The van der Waals surface area contributed by atoms with Gasteiger partial charge in [0.05, 0.1) is 18.8 Å². The van der Waals surface area contributed by atoms with Gasteiger partial charge in [-0.3, -0.25) is 4.79 Å². The molecule has 0 radical (unpaired) electrons. The topological polar surface area (TPSA) is 110 Å². The van der Waals surface area contributed by atoms with Gasteiger partial charge in [0.2, 0.25) is 5.91 Å². The molecule has 0 aromatic heterocycles. The van der Waals surface area contributed by atoms with Crippen molar-refractivity contribution < 1.29 is 25.2 Å². The second kappa shape index (κ2) is 54.0. The minimum absolute atomic E-state index is 0.350. The van der Waals surface area contributed by atoms with Crippen LogP contribution in [0, 0.1) is 0 Å². The number of allylic oxidation sites excluding steroid dienone is 10. The van der Waals surface area contributed by atoms with Crippen LogP contribution < -0.4 is 5.32 Å². The number of hydrogen-bond donors (Lipinski definition) is 5. The summed E-state index contributed by atoms with van der Waals surface area (Å²) in [5.74, 6) is -0.604. The van der Waals surface area contributed by atoms with Gasteiger partial charge in [0.25, 0.3) is 0 Å². The third-order valence-electron chi connectivity index (χ3n) is 13.2. The van der Waals surface area contributed by atoms with Crippen LogP contribution in [0.2, 0.25) is 0 Å². The van der Waals surface area contributed by atoms with Gasteiger partial charge in [-0.15, -0.1) is 0 Å². The molecule has 0 heterocycles. The molecular formula is C60H111NO5. The van der Waals surface area contributed by atoms with Crippen LogP contribution in [0.4, 0.5) is 0 Å². The first kappa shape index (κ1) is 64.0. The summed E-state index contributed by atoms with van der Waals surface area (Å²) in [6.07, 6.45) is 70.0. The molecule has 0 aliphatic rings. The number of amides is 1. The van der Waals surface area contributed by atoms with Gasteiger partial charge in [0.1, 0.15) is 12.2 Å². The lowest BCUT2D eigenvalue weighted by atomic mass is 10.00. The summed E-state index contributed by atoms with van der Waals surface area (Å²) in [7, 11) is 0. The summed E-state index contributed by atoms with van der Waals surface area (Å²) in [5.41, 5.74) is 0. The van der Waals surface area contributed by atoms with Crippen LogP contribution in [0.5, 0.6) is 0 Å². The van der Waals surface area contributed by atoms with Crippen molar-refractivity contribution in [2.75, 3.05) is 6.61 Å². The van der Waals surface area contributed by atoms with Crippen molar-refractivity contribution in [3.05, 3.63) is 60.8 Å². The Balaban J connectivity index is 3.74. The second-order valence-electron chi connectivity index (χ2n) is 19.6. The third kappa shape index (κ3) is 47.1. The van der Waals surface area contributed by atoms with E-state index in [0.29, 0.717) is 19.3 Å². The number of aliphatic hydroxyl groups excluding tert-OH is 4. The molecule has 0 saturated heterocycles. The predicted octanol–water partition coefficient (Wildman–Crippen LogP) is 16.8. The number of hydrogen-bond acceptors (Lipinski definition) is 5. The van der Waals surface area contributed by atoms with E-state index < -0.39 is 36.9 Å². The van der Waals surface area contributed by atoms with E-state index in [-0.39, 0.29) is 0 Å². The maximum Gasteiger partial charge on any atom is 0.249 e. The Morgan fingerprint density at radius 3 is 1.05 bits per heavy atom. The number of aliphatic hydroxyl groups is 4. The summed E-state index contributed by atoms with van der Waals surface area (Å²) in [6.45, 7) is 4.06. The number of carbonyl (C=O) groups is 1. The quantitative estimate of drug-likeness (QED) is 0.0308. The van der Waals surface area contributed by atoms with Crippen molar-refractivity contribution in [2.24, 2.45) is 0 Å². The van der Waals surface area contributed by atoms with Crippen LogP contribution >= 0.6 is 0 Å². The van der Waals surface area contributed by atoms with Crippen molar-refractivity contribution in [1.82, 2.24) is 5.32 Å². The first-order chi connectivity index (χ1) is 32.5. The van der Waals surface area contributed by atoms with E-state index in [1.165, 1.54) is 186 Å². The molecule has 4 atom stereocenters. The smallest absolute Gasteiger partial charge is 0.249 e. The van der Waals surface area contributed by atoms with E-state index in [1.54, 1.807) is 0 Å². The van der Waals surface area contributed by atoms with Crippen molar-refractivity contribution in [2.45, 2.75) is 308 Å². The number of carbonyl (C=O) groups excluding carboxylic acids is 1. The van der Waals surface area contributed by atoms with Gasteiger partial charge in [-0.2, -0.15) is 0 Å². The van der Waals surface area contributed by atoms with Crippen LogP contribution in [0.1, 0.15) is 284 Å². The SMILES string of the molecule is CCCCCCCCCCC/C=C\C/C=C\CCCCCCCCCCC(O)C(=O)NC(CO)C(O)C(O)CCC/C=C/CC/C=C/CC/C=C/CCCCCCCCCCCCCCC. The summed E-state index contributed by atoms with van der Waals surface area (Å²) in [6, 6.07) is -1.02. The van der Waals surface area contributed by atoms with Gasteiger partial charge in [0, 0.05) is 0 Å². The Bertz CT molecular complexity index is 1130. The standard InChI is InChI=1S/C60H111NO5/c1-3-5-7-9-11-13-15-17-19-21-23-25-27-29-30-32-33-35-37-39-41-43-45-47-49-51-53-57(63)59(65)56(55-62)61-60(66)58(64)54-52-50-48-46-44-42-40-38-36-34-31-28-26-24-22-20-18-16-14-12-10-8-6-4-2/h24,26,30-32,34,37,39,45,47,56-59,62-65H,3-23,25,27-29,33,35-36,38,40-44,46,48-55H2,1-2H3,(H,61,66)/b26-24-,32-30+,34-31-,39-37+,47-45+. The van der Waals surface area contributed by atoms with Gasteiger partial charge in [-0.25, -0.2) is 0 Å². The highest BCUT2D eigenvalue weighted by Gasteiger charge is 2.28. The highest BCUT2D eigenvalue weighted by molar-refractivity contribution is 5.80. The molecule has 0 fully saturated rings. The molecule has 5 N–H and O–H groups in total. The lowest BCUT2D eigenvalue weighted by Crippen LogP contribution is -2.53. The normalized spacial score (nSPS) is 14.2. The Labute approximate surface area is 410 Å². The molecule has 6 heteroatoms. The zero-order valence-electron chi connectivity index (χ0n) is 43.7. The van der Waals surface area contributed by atoms with E-state index in [4.69, 9.17) is 0 Å². The molecule has 0 rings (SSSR count). The largest absolute Gasteiger partial charge is 0.394 e. The molecule has 0 spiro atoms. The average molecular weight is 927 g/mol. The summed E-state index contributed by atoms with van der Waals surface area (Å²) in [5, 5.41) is 44.0. The van der Waals surface area contributed by atoms with Crippen molar-refractivity contribution in [3.8, 4) is 0 Å². The Morgan fingerprint density at radius 1 is 0.379 bits per heavy atom. The summed E-state index contributed by atoms with van der Waals surface area (Å²) < 4.78 is 0. The Hall–Kier alpha value is -1.99. The molecule has 4 unspecified atom stereocenters. The molecule has 6 nitrogen and oxygen atoms in total. The van der Waals surface area contributed by atoms with Gasteiger partial charge < -0.3 is 25.7 Å². The molecule has 0 aromatic carbocycles. The monoisotopic (exact) mass is 926 g/mol. The zero-order chi connectivity index (χ0) is 48.1. The molecule has 0 saturated carbocycles. The Morgan fingerprint density at radius 2 is 0.682 bits per heavy atom. The van der Waals surface area contributed by atoms with Crippen LogP contribution in [-0.2, 0) is 4.79 Å². The zero-order valence-corrected chi connectivity index (χ0v) is 43.7. The van der Waals surface area contributed by atoms with E-state index in [1.807, 2.05) is 0 Å². The van der Waals surface area contributed by atoms with E-state index in [2.05, 4.69) is 79.9 Å². The Kier molecular flexibility index (Phi) is 52.3. The van der Waals surface area contributed by atoms with Gasteiger partial charge in [-0.1, -0.05) is 248 Å². The minimum Gasteiger partial charge on any atom is -0.394 e. The van der Waals surface area contributed by atoms with Crippen molar-refractivity contribution >= 4 is 5.91 Å². The summed E-state index contributed by atoms with van der Waals surface area (Å²) in [4.78, 5) is 12.6. The van der Waals surface area contributed by atoms with Crippen LogP contribution in [0.15, 0.2) is 60.8 Å². The van der Waals surface area contributed by atoms with Crippen LogP contribution in [-0.4, -0.2) is 57.3 Å². The molecule has 0 aromatic rings. The number of nitrogens with one attached hydrogen (secondary N) is 1. The summed E-state index contributed by atoms with van der Waals surface area (Å²) >= 11 is 0. The lowest BCUT2D eigenvalue weighted by molar-refractivity contribution is -0.132. The van der Waals surface area contributed by atoms with Crippen LogP contribution in [0.25, 0.3) is 0 Å². The molecular weight excluding hydrogens is 815 g/mol. The van der Waals surface area contributed by atoms with Crippen molar-refractivity contribution in [3.63, 3.8) is 0 Å². The fourth-order valence-corrected chi connectivity index (χ4v) is 8.64. The fraction of sp³-hybridized carbons (Fsp3) is 0.817. The molecule has 0 aliphatic carbocycles. The van der Waals surface area contributed by atoms with Gasteiger partial charge in [0.15, 0.2) is 0 Å². The van der Waals surface area contributed by atoms with Gasteiger partial charge in [-0.05, 0) is 96.3 Å². The van der Waals surface area contributed by atoms with Gasteiger partial charge >= 0.3 is 0 Å². The molecule has 0 aliphatic heterocycles. The lowest BCUT2D eigenvalue weighted by Gasteiger charge is -2.27. The maximum absolute atomic E-state index is 12.6. The van der Waals surface area contributed by atoms with Crippen molar-refractivity contribution in [1.29, 1.82) is 0 Å². The highest BCUT2D eigenvalue weighted by atomic mass is 16.3. The minimum atomic E-state index is -1.30. The number of unbranched alkanes of at least 4 members (excludes halogenated alkanes) is 33. The van der Waals surface area contributed by atoms with E-state index in [0.717, 1.165) is 64.2 Å². The number of rotatable bonds is 52. The molecule has 0 bridgehead atoms. The van der Waals surface area contributed by atoms with Crippen LogP contribution in [0.3, 0.4) is 0 Å². The van der Waals surface area contributed by atoms with E-state index in [9.17, 15) is 25.2 Å².